The van der Waals surface area contributed by atoms with Crippen LogP contribution in [0.3, 0.4) is 0 Å². The van der Waals surface area contributed by atoms with Crippen molar-refractivity contribution in [3.63, 3.8) is 0 Å². The van der Waals surface area contributed by atoms with Crippen LogP contribution in [0.5, 0.6) is 5.75 Å². The molecule has 32 heavy (non-hydrogen) atoms. The Kier molecular flexibility index (Phi) is 6.06. The van der Waals surface area contributed by atoms with Crippen molar-refractivity contribution in [3.05, 3.63) is 99.2 Å². The lowest BCUT2D eigenvalue weighted by molar-refractivity contribution is -0.129. The van der Waals surface area contributed by atoms with Gasteiger partial charge in [-0.15, -0.1) is 0 Å². The number of halogens is 2. The summed E-state index contributed by atoms with van der Waals surface area (Å²) in [6.45, 7) is 1.86. The van der Waals surface area contributed by atoms with E-state index in [0.717, 1.165) is 5.56 Å². The van der Waals surface area contributed by atoms with Crippen LogP contribution in [0, 0.1) is 6.92 Å². The molecule has 9 heteroatoms. The van der Waals surface area contributed by atoms with Gasteiger partial charge < -0.3 is 8.92 Å². The highest BCUT2D eigenvalue weighted by atomic mass is 35.5. The number of esters is 1. The molecule has 0 unspecified atom stereocenters. The van der Waals surface area contributed by atoms with Gasteiger partial charge in [0.15, 0.2) is 5.70 Å². The summed E-state index contributed by atoms with van der Waals surface area (Å²) in [5.41, 5.74) is 2.15. The molecule has 1 heterocycles. The summed E-state index contributed by atoms with van der Waals surface area (Å²) < 4.78 is 35.2. The first kappa shape index (κ1) is 22.1. The van der Waals surface area contributed by atoms with Gasteiger partial charge in [0.05, 0.1) is 10.0 Å². The number of aryl methyl sites for hydroxylation is 1. The fourth-order valence-corrected chi connectivity index (χ4v) is 4.05. The van der Waals surface area contributed by atoms with Gasteiger partial charge in [0.1, 0.15) is 10.6 Å². The normalized spacial score (nSPS) is 14.9. The van der Waals surface area contributed by atoms with Crippen molar-refractivity contribution in [1.82, 2.24) is 0 Å². The minimum absolute atomic E-state index is 0.0622. The molecule has 0 aromatic heterocycles. The standard InChI is InChI=1S/C23H15Cl2NO5S/c1-14-2-9-18(10-3-14)32(28,29)31-17-7-4-15(5-8-17)12-21-23(27)30-22(26-21)16-6-11-19(24)20(25)13-16/h2-13H,1H3/b21-12-. The molecule has 0 saturated heterocycles. The van der Waals surface area contributed by atoms with Crippen molar-refractivity contribution in [2.75, 3.05) is 0 Å². The number of hydrogen-bond acceptors (Lipinski definition) is 6. The number of nitrogens with zero attached hydrogens (tertiary/aromatic N) is 1. The van der Waals surface area contributed by atoms with Gasteiger partial charge in [0.25, 0.3) is 0 Å². The summed E-state index contributed by atoms with van der Waals surface area (Å²) in [4.78, 5) is 16.5. The Morgan fingerprint density at radius 1 is 0.938 bits per heavy atom. The lowest BCUT2D eigenvalue weighted by Gasteiger charge is -2.07. The molecule has 0 radical (unpaired) electrons. The van der Waals surface area contributed by atoms with Crippen molar-refractivity contribution >= 4 is 51.3 Å². The third-order valence-electron chi connectivity index (χ3n) is 4.49. The number of carbonyl (C=O) groups is 1. The van der Waals surface area contributed by atoms with E-state index in [4.69, 9.17) is 32.1 Å². The highest BCUT2D eigenvalue weighted by Crippen LogP contribution is 2.26. The Morgan fingerprint density at radius 2 is 1.62 bits per heavy atom. The molecule has 0 spiro atoms. The lowest BCUT2D eigenvalue weighted by Crippen LogP contribution is -2.09. The van der Waals surface area contributed by atoms with E-state index in [-0.39, 0.29) is 22.2 Å². The maximum atomic E-state index is 12.4. The van der Waals surface area contributed by atoms with Gasteiger partial charge in [-0.25, -0.2) is 9.79 Å². The van der Waals surface area contributed by atoms with Crippen LogP contribution in [-0.4, -0.2) is 20.3 Å². The Bertz CT molecular complexity index is 1360. The molecule has 162 valence electrons. The number of hydrogen-bond donors (Lipinski definition) is 0. The number of carbonyl (C=O) groups excluding carboxylic acids is 1. The molecule has 0 N–H and O–H groups in total. The molecule has 0 fully saturated rings. The summed E-state index contributed by atoms with van der Waals surface area (Å²) in [5, 5.41) is 0.694. The van der Waals surface area contributed by atoms with Gasteiger partial charge in [-0.2, -0.15) is 8.42 Å². The zero-order valence-electron chi connectivity index (χ0n) is 16.6. The van der Waals surface area contributed by atoms with Gasteiger partial charge in [0, 0.05) is 5.56 Å². The Balaban J connectivity index is 1.52. The molecule has 4 rings (SSSR count). The number of ether oxygens (including phenoxy) is 1. The number of aliphatic imine (C=N–C) groups is 1. The maximum absolute atomic E-state index is 12.4. The van der Waals surface area contributed by atoms with Crippen molar-refractivity contribution in [2.24, 2.45) is 4.99 Å². The van der Waals surface area contributed by atoms with Crippen LogP contribution in [0.1, 0.15) is 16.7 Å². The van der Waals surface area contributed by atoms with E-state index < -0.39 is 16.1 Å². The van der Waals surface area contributed by atoms with Crippen molar-refractivity contribution in [1.29, 1.82) is 0 Å². The smallest absolute Gasteiger partial charge is 0.363 e. The van der Waals surface area contributed by atoms with Crippen LogP contribution >= 0.6 is 23.2 Å². The van der Waals surface area contributed by atoms with Gasteiger partial charge in [-0.3, -0.25) is 0 Å². The first-order valence-electron chi connectivity index (χ1n) is 9.30. The summed E-state index contributed by atoms with van der Waals surface area (Å²) in [6.07, 6.45) is 1.52. The molecule has 3 aromatic carbocycles. The van der Waals surface area contributed by atoms with E-state index in [1.807, 2.05) is 6.92 Å². The van der Waals surface area contributed by atoms with Crippen LogP contribution in [0.4, 0.5) is 0 Å². The van der Waals surface area contributed by atoms with E-state index in [0.29, 0.717) is 21.2 Å². The molecule has 0 amide bonds. The topological polar surface area (TPSA) is 82.0 Å². The van der Waals surface area contributed by atoms with Gasteiger partial charge in [-0.1, -0.05) is 53.0 Å². The summed E-state index contributed by atoms with van der Waals surface area (Å²) in [7, 11) is -3.95. The molecular weight excluding hydrogens is 473 g/mol. The molecule has 0 saturated carbocycles. The van der Waals surface area contributed by atoms with Crippen LogP contribution in [0.25, 0.3) is 6.08 Å². The average molecular weight is 488 g/mol. The van der Waals surface area contributed by atoms with Crippen LogP contribution < -0.4 is 4.18 Å². The number of rotatable bonds is 5. The average Bonchev–Trinajstić information content (AvgIpc) is 3.12. The second-order valence-electron chi connectivity index (χ2n) is 6.88. The second-order valence-corrected chi connectivity index (χ2v) is 9.25. The fourth-order valence-electron chi connectivity index (χ4n) is 2.82. The van der Waals surface area contributed by atoms with Gasteiger partial charge in [-0.05, 0) is 61.0 Å². The van der Waals surface area contributed by atoms with Crippen molar-refractivity contribution < 1.29 is 22.1 Å². The lowest BCUT2D eigenvalue weighted by atomic mass is 10.2. The second kappa shape index (κ2) is 8.78. The molecule has 3 aromatic rings. The fraction of sp³-hybridized carbons (Fsp3) is 0.0435. The van der Waals surface area contributed by atoms with Crippen molar-refractivity contribution in [2.45, 2.75) is 11.8 Å². The monoisotopic (exact) mass is 487 g/mol. The van der Waals surface area contributed by atoms with E-state index >= 15 is 0 Å². The number of benzene rings is 3. The van der Waals surface area contributed by atoms with Gasteiger partial charge in [0.2, 0.25) is 5.90 Å². The Labute approximate surface area is 194 Å². The molecule has 6 nitrogen and oxygen atoms in total. The highest BCUT2D eigenvalue weighted by molar-refractivity contribution is 7.87. The third kappa shape index (κ3) is 4.85. The van der Waals surface area contributed by atoms with E-state index in [1.165, 1.54) is 30.3 Å². The predicted molar refractivity (Wildman–Crippen MR) is 123 cm³/mol. The third-order valence-corrected chi connectivity index (χ3v) is 6.49. The van der Waals surface area contributed by atoms with Crippen LogP contribution in [0.2, 0.25) is 10.0 Å². The van der Waals surface area contributed by atoms with Crippen LogP contribution in [0.15, 0.2) is 82.3 Å². The zero-order chi connectivity index (χ0) is 22.9. The summed E-state index contributed by atoms with van der Waals surface area (Å²) >= 11 is 11.9. The zero-order valence-corrected chi connectivity index (χ0v) is 18.9. The first-order valence-corrected chi connectivity index (χ1v) is 11.5. The van der Waals surface area contributed by atoms with Crippen molar-refractivity contribution in [3.8, 4) is 5.75 Å². The van der Waals surface area contributed by atoms with Crippen LogP contribution in [-0.2, 0) is 19.6 Å². The molecule has 0 bridgehead atoms. The number of cyclic esters (lactones) is 1. The molecule has 0 atom stereocenters. The minimum atomic E-state index is -3.95. The molecular formula is C23H15Cl2NO5S. The Hall–Kier alpha value is -3.13. The SMILES string of the molecule is Cc1ccc(S(=O)(=O)Oc2ccc(/C=C3\N=C(c4ccc(Cl)c(Cl)c4)OC3=O)cc2)cc1. The summed E-state index contributed by atoms with van der Waals surface area (Å²) in [6, 6.07) is 17.3. The highest BCUT2D eigenvalue weighted by Gasteiger charge is 2.24. The maximum Gasteiger partial charge on any atom is 0.363 e. The van der Waals surface area contributed by atoms with E-state index in [1.54, 1.807) is 42.5 Å². The largest absolute Gasteiger partial charge is 0.402 e. The van der Waals surface area contributed by atoms with E-state index in [2.05, 4.69) is 4.99 Å². The predicted octanol–water partition coefficient (Wildman–Crippen LogP) is 5.41. The van der Waals surface area contributed by atoms with Gasteiger partial charge >= 0.3 is 16.1 Å². The minimum Gasteiger partial charge on any atom is -0.402 e. The Morgan fingerprint density at radius 3 is 2.28 bits per heavy atom. The van der Waals surface area contributed by atoms with E-state index in [9.17, 15) is 13.2 Å². The molecule has 1 aliphatic rings. The first-order chi connectivity index (χ1) is 15.2. The molecule has 1 aliphatic heterocycles. The molecule has 0 aliphatic carbocycles. The summed E-state index contributed by atoms with van der Waals surface area (Å²) in [5.74, 6) is -0.362. The quantitative estimate of drug-likeness (QED) is 0.272.